The minimum atomic E-state index is -4.05. The zero-order valence-electron chi connectivity index (χ0n) is 24.8. The van der Waals surface area contributed by atoms with Crippen LogP contribution in [0.4, 0.5) is 0 Å². The molecule has 1 saturated carbocycles. The van der Waals surface area contributed by atoms with Crippen molar-refractivity contribution < 1.29 is 22.7 Å². The van der Waals surface area contributed by atoms with Crippen molar-refractivity contribution in [2.24, 2.45) is 4.99 Å². The van der Waals surface area contributed by atoms with Gasteiger partial charge in [0.1, 0.15) is 11.4 Å². The Morgan fingerprint density at radius 2 is 1.70 bits per heavy atom. The summed E-state index contributed by atoms with van der Waals surface area (Å²) in [6.07, 6.45) is 6.46. The molecule has 2 aliphatic rings. The van der Waals surface area contributed by atoms with Crippen LogP contribution in [0, 0.1) is 0 Å². The fraction of sp³-hybridized carbons (Fsp3) is 0.382. The maximum absolute atomic E-state index is 13.7. The number of unbranched alkanes of at least 4 members (excludes halogenated alkanes) is 1. The Balaban J connectivity index is 1.45. The second-order valence-corrected chi connectivity index (χ2v) is 12.9. The molecule has 1 aliphatic carbocycles. The van der Waals surface area contributed by atoms with Crippen LogP contribution in [0.15, 0.2) is 82.7 Å². The number of sulfonamides is 1. The van der Waals surface area contributed by atoms with E-state index in [9.17, 15) is 18.0 Å². The van der Waals surface area contributed by atoms with Crippen LogP contribution in [0.25, 0.3) is 11.1 Å². The minimum absolute atomic E-state index is 0.0138. The van der Waals surface area contributed by atoms with E-state index >= 15 is 0 Å². The van der Waals surface area contributed by atoms with Crippen LogP contribution >= 0.6 is 0 Å². The van der Waals surface area contributed by atoms with Crippen molar-refractivity contribution in [1.82, 2.24) is 9.62 Å². The highest BCUT2D eigenvalue weighted by molar-refractivity contribution is 7.90. The number of rotatable bonds is 12. The maximum Gasteiger partial charge on any atom is 0.265 e. The first-order valence-electron chi connectivity index (χ1n) is 15.1. The van der Waals surface area contributed by atoms with Crippen LogP contribution in [0.2, 0.25) is 0 Å². The lowest BCUT2D eigenvalue weighted by molar-refractivity contribution is -0.131. The lowest BCUT2D eigenvalue weighted by Gasteiger charge is -2.23. The summed E-state index contributed by atoms with van der Waals surface area (Å²) in [4.78, 5) is 33.9. The number of ether oxygens (including phenoxy) is 1. The van der Waals surface area contributed by atoms with Gasteiger partial charge in [-0.2, -0.15) is 0 Å². The molecule has 9 heteroatoms. The maximum atomic E-state index is 13.7. The van der Waals surface area contributed by atoms with Crippen molar-refractivity contribution in [3.05, 3.63) is 89.5 Å². The van der Waals surface area contributed by atoms with E-state index in [0.717, 1.165) is 67.5 Å². The molecule has 0 atom stereocenters. The van der Waals surface area contributed by atoms with E-state index in [4.69, 9.17) is 9.73 Å². The van der Waals surface area contributed by atoms with Gasteiger partial charge in [-0.15, -0.1) is 0 Å². The average molecular weight is 602 g/mol. The third-order valence-corrected chi connectivity index (χ3v) is 9.54. The molecule has 1 heterocycles. The molecule has 1 fully saturated rings. The zero-order valence-corrected chi connectivity index (χ0v) is 25.7. The summed E-state index contributed by atoms with van der Waals surface area (Å²) in [5.74, 6) is 0.270. The number of nitrogens with zero attached hydrogens (tertiary/aromatic N) is 2. The smallest absolute Gasteiger partial charge is 0.265 e. The second-order valence-electron chi connectivity index (χ2n) is 11.2. The molecule has 0 bridgehead atoms. The Kier molecular flexibility index (Phi) is 9.42. The van der Waals surface area contributed by atoms with Gasteiger partial charge in [0, 0.05) is 18.6 Å². The number of amidine groups is 1. The van der Waals surface area contributed by atoms with Crippen LogP contribution in [-0.2, 0) is 32.7 Å². The third-order valence-electron chi connectivity index (χ3n) is 8.20. The van der Waals surface area contributed by atoms with Gasteiger partial charge < -0.3 is 4.74 Å². The highest BCUT2D eigenvalue weighted by Gasteiger charge is 2.49. The number of hydrogen-bond donors (Lipinski definition) is 1. The van der Waals surface area contributed by atoms with Gasteiger partial charge in [-0.25, -0.2) is 13.1 Å². The molecule has 0 radical (unpaired) electrons. The summed E-state index contributed by atoms with van der Waals surface area (Å²) >= 11 is 0. The first-order valence-corrected chi connectivity index (χ1v) is 16.6. The summed E-state index contributed by atoms with van der Waals surface area (Å²) in [5, 5.41) is 0. The number of amides is 2. The largest absolute Gasteiger partial charge is 0.377 e. The Morgan fingerprint density at radius 3 is 2.42 bits per heavy atom. The van der Waals surface area contributed by atoms with E-state index in [-0.39, 0.29) is 16.4 Å². The molecular formula is C34H39N3O5S. The predicted molar refractivity (Wildman–Crippen MR) is 167 cm³/mol. The summed E-state index contributed by atoms with van der Waals surface area (Å²) in [7, 11) is -4.05. The molecular weight excluding hydrogens is 562 g/mol. The molecule has 1 spiro atoms. The molecule has 5 rings (SSSR count). The molecule has 3 aromatic carbocycles. The van der Waals surface area contributed by atoms with Crippen LogP contribution < -0.4 is 4.72 Å². The number of aliphatic imine (C=N–C) groups is 1. The lowest BCUT2D eigenvalue weighted by atomic mass is 9.93. The first-order chi connectivity index (χ1) is 20.8. The summed E-state index contributed by atoms with van der Waals surface area (Å²) < 4.78 is 33.8. The first kappa shape index (κ1) is 30.6. The van der Waals surface area contributed by atoms with Gasteiger partial charge in [-0.3, -0.25) is 19.5 Å². The Morgan fingerprint density at radius 1 is 0.977 bits per heavy atom. The molecule has 0 unspecified atom stereocenters. The average Bonchev–Trinajstić information content (AvgIpc) is 3.59. The Labute approximate surface area is 254 Å². The van der Waals surface area contributed by atoms with Crippen molar-refractivity contribution in [2.75, 3.05) is 6.61 Å². The quantitative estimate of drug-likeness (QED) is 0.264. The van der Waals surface area contributed by atoms with Gasteiger partial charge in [-0.1, -0.05) is 80.8 Å². The number of benzene rings is 3. The Bertz CT molecular complexity index is 1610. The molecule has 0 saturated heterocycles. The molecule has 2 amide bonds. The minimum Gasteiger partial charge on any atom is -0.377 e. The highest BCUT2D eigenvalue weighted by atomic mass is 32.2. The van der Waals surface area contributed by atoms with Crippen LogP contribution in [0.1, 0.15) is 80.3 Å². The molecule has 0 aromatic heterocycles. The van der Waals surface area contributed by atoms with Crippen molar-refractivity contribution in [2.45, 2.75) is 82.4 Å². The van der Waals surface area contributed by atoms with Crippen LogP contribution in [0.5, 0.6) is 0 Å². The summed E-state index contributed by atoms with van der Waals surface area (Å²) in [5.41, 5.74) is 2.79. The van der Waals surface area contributed by atoms with E-state index in [1.807, 2.05) is 36.1 Å². The normalized spacial score (nSPS) is 16.1. The highest BCUT2D eigenvalue weighted by Crippen LogP contribution is 2.40. The van der Waals surface area contributed by atoms with E-state index in [1.54, 1.807) is 36.4 Å². The van der Waals surface area contributed by atoms with Crippen LogP contribution in [-0.4, -0.2) is 43.1 Å². The molecule has 1 N–H and O–H groups in total. The van der Waals surface area contributed by atoms with Crippen molar-refractivity contribution in [3.8, 4) is 11.1 Å². The second kappa shape index (κ2) is 13.2. The molecule has 3 aromatic rings. The lowest BCUT2D eigenvalue weighted by Crippen LogP contribution is -2.40. The third kappa shape index (κ3) is 6.58. The van der Waals surface area contributed by atoms with Crippen molar-refractivity contribution in [1.29, 1.82) is 0 Å². The summed E-state index contributed by atoms with van der Waals surface area (Å²) in [6, 6.07) is 20.7. The number of nitrogens with one attached hydrogen (secondary N) is 1. The molecule has 43 heavy (non-hydrogen) atoms. The monoisotopic (exact) mass is 601 g/mol. The standard InChI is InChI=1S/C34H39N3O5S/c1-3-5-17-31-35-34(20-11-12-21-34)33(39)37(31)23-25-18-19-28(26(22-25)24-42-4-2)29-15-9-10-16-30(29)32(38)36-43(40,41)27-13-7-6-8-14-27/h6-10,13-16,18-19,22H,3-5,11-12,17,20-21,23-24H2,1-2H3,(H,36,38). The number of carbonyl (C=O) groups is 2. The number of carbonyl (C=O) groups excluding carboxylic acids is 2. The SMILES string of the molecule is CCCCC1=NC2(CCCC2)C(=O)N1Cc1ccc(-c2ccccc2C(=O)NS(=O)(=O)c2ccccc2)c(COCC)c1. The van der Waals surface area contributed by atoms with Gasteiger partial charge >= 0.3 is 0 Å². The van der Waals surface area contributed by atoms with E-state index in [0.29, 0.717) is 25.3 Å². The Hall–Kier alpha value is -3.82. The molecule has 8 nitrogen and oxygen atoms in total. The fourth-order valence-corrected chi connectivity index (χ4v) is 6.96. The zero-order chi connectivity index (χ0) is 30.5. The number of hydrogen-bond acceptors (Lipinski definition) is 6. The van der Waals surface area contributed by atoms with E-state index in [1.165, 1.54) is 12.1 Å². The van der Waals surface area contributed by atoms with Crippen LogP contribution in [0.3, 0.4) is 0 Å². The fourth-order valence-electron chi connectivity index (χ4n) is 5.97. The van der Waals surface area contributed by atoms with Gasteiger partial charge in [0.2, 0.25) is 0 Å². The van der Waals surface area contributed by atoms with Gasteiger partial charge in [0.05, 0.1) is 18.0 Å². The van der Waals surface area contributed by atoms with Gasteiger partial charge in [0.15, 0.2) is 0 Å². The van der Waals surface area contributed by atoms with Crippen molar-refractivity contribution in [3.63, 3.8) is 0 Å². The topological polar surface area (TPSA) is 105 Å². The van der Waals surface area contributed by atoms with Crippen molar-refractivity contribution >= 4 is 27.7 Å². The molecule has 226 valence electrons. The summed E-state index contributed by atoms with van der Waals surface area (Å²) in [6.45, 7) is 5.27. The van der Waals surface area contributed by atoms with E-state index in [2.05, 4.69) is 11.6 Å². The van der Waals surface area contributed by atoms with Gasteiger partial charge in [-0.05, 0) is 66.6 Å². The van der Waals surface area contributed by atoms with E-state index < -0.39 is 21.5 Å². The van der Waals surface area contributed by atoms with Gasteiger partial charge in [0.25, 0.3) is 21.8 Å². The molecule has 1 aliphatic heterocycles. The predicted octanol–water partition coefficient (Wildman–Crippen LogP) is 6.25.